The average molecular weight is 313 g/mol. The number of aromatic nitrogens is 1. The summed E-state index contributed by atoms with van der Waals surface area (Å²) in [6.07, 6.45) is 1.65. The minimum Gasteiger partial charge on any atom is -0.462 e. The molecule has 0 aliphatic carbocycles. The highest BCUT2D eigenvalue weighted by molar-refractivity contribution is 5.98. The van der Waals surface area contributed by atoms with E-state index in [4.69, 9.17) is 4.74 Å². The van der Waals surface area contributed by atoms with Crippen LogP contribution in [-0.4, -0.2) is 22.9 Å². The van der Waals surface area contributed by atoms with E-state index in [1.807, 2.05) is 30.3 Å². The zero-order valence-electron chi connectivity index (χ0n) is 13.2. The molecule has 0 aliphatic heterocycles. The largest absolute Gasteiger partial charge is 0.462 e. The average Bonchev–Trinajstić information content (AvgIpc) is 2.57. The molecule has 0 saturated heterocycles. The third kappa shape index (κ3) is 3.94. The number of hydrogen-bond acceptors (Lipinski definition) is 4. The van der Waals surface area contributed by atoms with E-state index < -0.39 is 11.5 Å². The lowest BCUT2D eigenvalue weighted by atomic mass is 10.1. The molecule has 120 valence electrons. The van der Waals surface area contributed by atoms with Gasteiger partial charge in [0.2, 0.25) is 0 Å². The monoisotopic (exact) mass is 313 g/mol. The summed E-state index contributed by atoms with van der Waals surface area (Å²) >= 11 is 0. The molecule has 2 rings (SSSR count). The van der Waals surface area contributed by atoms with Crippen molar-refractivity contribution in [1.29, 1.82) is 0 Å². The predicted molar refractivity (Wildman–Crippen MR) is 86.8 cm³/mol. The molecule has 1 heterocycles. The minimum atomic E-state index is -0.542. The van der Waals surface area contributed by atoms with Crippen LogP contribution < -0.4 is 5.56 Å². The Kier molecular flexibility index (Phi) is 5.46. The Hall–Kier alpha value is -2.69. The summed E-state index contributed by atoms with van der Waals surface area (Å²) in [5.41, 5.74) is 0.743. The summed E-state index contributed by atoms with van der Waals surface area (Å²) in [7, 11) is 0. The van der Waals surface area contributed by atoms with Crippen molar-refractivity contribution in [2.24, 2.45) is 0 Å². The molecule has 0 N–H and O–H groups in total. The fourth-order valence-corrected chi connectivity index (χ4v) is 2.25. The lowest BCUT2D eigenvalue weighted by Crippen LogP contribution is -2.28. The Bertz CT molecular complexity index is 762. The summed E-state index contributed by atoms with van der Waals surface area (Å²) in [6.45, 7) is 3.90. The van der Waals surface area contributed by atoms with Crippen molar-refractivity contribution in [2.75, 3.05) is 6.61 Å². The molecule has 23 heavy (non-hydrogen) atoms. The molecule has 0 unspecified atom stereocenters. The van der Waals surface area contributed by atoms with Crippen molar-refractivity contribution in [3.63, 3.8) is 0 Å². The highest BCUT2D eigenvalue weighted by atomic mass is 16.5. The molecule has 0 fully saturated rings. The SMILES string of the molecule is CCOC(=O)c1cc(C(=O)CC)c(=O)n(Cc2ccccc2)c1. The minimum absolute atomic E-state index is 0.0222. The first-order chi connectivity index (χ1) is 11.1. The van der Waals surface area contributed by atoms with E-state index in [0.29, 0.717) is 0 Å². The molecule has 0 aliphatic rings. The fraction of sp³-hybridized carbons (Fsp3) is 0.278. The predicted octanol–water partition coefficient (Wildman–Crippen LogP) is 2.67. The van der Waals surface area contributed by atoms with Crippen molar-refractivity contribution in [3.8, 4) is 0 Å². The fourth-order valence-electron chi connectivity index (χ4n) is 2.25. The number of ketones is 1. The Balaban J connectivity index is 2.51. The van der Waals surface area contributed by atoms with Gasteiger partial charge in [-0.25, -0.2) is 4.79 Å². The molecule has 0 radical (unpaired) electrons. The standard InChI is InChI=1S/C18H19NO4/c1-3-16(20)15-10-14(18(22)23-4-2)12-19(17(15)21)11-13-8-6-5-7-9-13/h5-10,12H,3-4,11H2,1-2H3. The van der Waals surface area contributed by atoms with Crippen molar-refractivity contribution >= 4 is 11.8 Å². The van der Waals surface area contributed by atoms with Gasteiger partial charge in [0, 0.05) is 12.6 Å². The number of rotatable bonds is 6. The van der Waals surface area contributed by atoms with E-state index in [1.54, 1.807) is 13.8 Å². The van der Waals surface area contributed by atoms with Gasteiger partial charge in [-0.2, -0.15) is 0 Å². The second-order valence-corrected chi connectivity index (χ2v) is 5.06. The Morgan fingerprint density at radius 3 is 2.43 bits per heavy atom. The van der Waals surface area contributed by atoms with E-state index in [9.17, 15) is 14.4 Å². The van der Waals surface area contributed by atoms with E-state index in [2.05, 4.69) is 0 Å². The Morgan fingerprint density at radius 2 is 1.83 bits per heavy atom. The van der Waals surface area contributed by atoms with Gasteiger partial charge >= 0.3 is 5.97 Å². The first-order valence-corrected chi connectivity index (χ1v) is 7.55. The zero-order chi connectivity index (χ0) is 16.8. The maximum absolute atomic E-state index is 12.5. The van der Waals surface area contributed by atoms with Crippen molar-refractivity contribution < 1.29 is 14.3 Å². The third-order valence-electron chi connectivity index (χ3n) is 3.41. The van der Waals surface area contributed by atoms with Gasteiger partial charge in [0.15, 0.2) is 5.78 Å². The molecule has 0 spiro atoms. The second-order valence-electron chi connectivity index (χ2n) is 5.06. The van der Waals surface area contributed by atoms with Gasteiger partial charge in [-0.1, -0.05) is 37.3 Å². The smallest absolute Gasteiger partial charge is 0.339 e. The van der Waals surface area contributed by atoms with Crippen LogP contribution >= 0.6 is 0 Å². The summed E-state index contributed by atoms with van der Waals surface area (Å²) in [6, 6.07) is 10.7. The van der Waals surface area contributed by atoms with Gasteiger partial charge in [0.25, 0.3) is 5.56 Å². The molecule has 5 heteroatoms. The molecule has 0 atom stereocenters. The first-order valence-electron chi connectivity index (χ1n) is 7.55. The van der Waals surface area contributed by atoms with Crippen LogP contribution in [0.3, 0.4) is 0 Å². The number of benzene rings is 1. The molecular weight excluding hydrogens is 294 g/mol. The molecule has 5 nitrogen and oxygen atoms in total. The third-order valence-corrected chi connectivity index (χ3v) is 3.41. The van der Waals surface area contributed by atoms with Crippen LogP contribution in [0.4, 0.5) is 0 Å². The highest BCUT2D eigenvalue weighted by Gasteiger charge is 2.17. The maximum atomic E-state index is 12.5. The van der Waals surface area contributed by atoms with Gasteiger partial charge < -0.3 is 9.30 Å². The van der Waals surface area contributed by atoms with Crippen LogP contribution in [0.15, 0.2) is 47.4 Å². The van der Waals surface area contributed by atoms with Gasteiger partial charge in [-0.05, 0) is 18.6 Å². The van der Waals surface area contributed by atoms with Crippen LogP contribution in [-0.2, 0) is 11.3 Å². The maximum Gasteiger partial charge on any atom is 0.339 e. The van der Waals surface area contributed by atoms with E-state index in [1.165, 1.54) is 16.8 Å². The van der Waals surface area contributed by atoms with Crippen molar-refractivity contribution in [1.82, 2.24) is 4.57 Å². The van der Waals surface area contributed by atoms with Crippen LogP contribution in [0.2, 0.25) is 0 Å². The van der Waals surface area contributed by atoms with Crippen LogP contribution in [0.5, 0.6) is 0 Å². The van der Waals surface area contributed by atoms with Crippen molar-refractivity contribution in [3.05, 3.63) is 69.6 Å². The Labute approximate surface area is 134 Å². The number of pyridine rings is 1. The van der Waals surface area contributed by atoms with Crippen LogP contribution in [0.25, 0.3) is 0 Å². The van der Waals surface area contributed by atoms with E-state index in [-0.39, 0.29) is 36.5 Å². The second kappa shape index (κ2) is 7.54. The number of carbonyl (C=O) groups is 2. The zero-order valence-corrected chi connectivity index (χ0v) is 13.2. The Morgan fingerprint density at radius 1 is 1.13 bits per heavy atom. The lowest BCUT2D eigenvalue weighted by molar-refractivity contribution is 0.0525. The molecule has 1 aromatic heterocycles. The van der Waals surface area contributed by atoms with E-state index in [0.717, 1.165) is 5.56 Å². The molecular formula is C18H19NO4. The number of ether oxygens (including phenoxy) is 1. The number of Topliss-reactive ketones (excluding diaryl/α,β-unsaturated/α-hetero) is 1. The quantitative estimate of drug-likeness (QED) is 0.607. The summed E-state index contributed by atoms with van der Waals surface area (Å²) < 4.78 is 6.36. The number of esters is 1. The summed E-state index contributed by atoms with van der Waals surface area (Å²) in [4.78, 5) is 36.5. The summed E-state index contributed by atoms with van der Waals surface area (Å²) in [5.74, 6) is -0.831. The summed E-state index contributed by atoms with van der Waals surface area (Å²) in [5, 5.41) is 0. The van der Waals surface area contributed by atoms with Gasteiger partial charge in [-0.15, -0.1) is 0 Å². The first kappa shape index (κ1) is 16.7. The number of carbonyl (C=O) groups excluding carboxylic acids is 2. The van der Waals surface area contributed by atoms with Gasteiger partial charge in [0.1, 0.15) is 0 Å². The van der Waals surface area contributed by atoms with Gasteiger partial charge in [0.05, 0.1) is 24.3 Å². The molecule has 1 aromatic carbocycles. The molecule has 2 aromatic rings. The van der Waals surface area contributed by atoms with Gasteiger partial charge in [-0.3, -0.25) is 9.59 Å². The number of nitrogens with zero attached hydrogens (tertiary/aromatic N) is 1. The lowest BCUT2D eigenvalue weighted by Gasteiger charge is -2.11. The topological polar surface area (TPSA) is 65.4 Å². The number of hydrogen-bond donors (Lipinski definition) is 0. The highest BCUT2D eigenvalue weighted by Crippen LogP contribution is 2.08. The normalized spacial score (nSPS) is 10.3. The van der Waals surface area contributed by atoms with Crippen LogP contribution in [0.1, 0.15) is 46.5 Å². The van der Waals surface area contributed by atoms with Crippen molar-refractivity contribution in [2.45, 2.75) is 26.8 Å². The molecule has 0 amide bonds. The molecule has 0 saturated carbocycles. The van der Waals surface area contributed by atoms with Crippen LogP contribution in [0, 0.1) is 0 Å². The molecule has 0 bridgehead atoms. The van der Waals surface area contributed by atoms with E-state index >= 15 is 0 Å².